The maximum atomic E-state index is 14.8. The Balaban J connectivity index is 1.35. The Morgan fingerprint density at radius 3 is 2.65 bits per heavy atom. The maximum Gasteiger partial charge on any atom is 0.405 e. The van der Waals surface area contributed by atoms with Crippen molar-refractivity contribution in [2.75, 3.05) is 13.7 Å². The molecule has 1 saturated heterocycles. The molecule has 16 heteroatoms. The van der Waals surface area contributed by atoms with Crippen molar-refractivity contribution >= 4 is 44.6 Å². The van der Waals surface area contributed by atoms with Gasteiger partial charge in [-0.25, -0.2) is 22.6 Å². The lowest BCUT2D eigenvalue weighted by atomic mass is 9.85. The van der Waals surface area contributed by atoms with Crippen molar-refractivity contribution in [1.29, 1.82) is 0 Å². The molecule has 276 valence electrons. The molecule has 2 saturated carbocycles. The minimum absolute atomic E-state index is 0.0292. The van der Waals surface area contributed by atoms with Gasteiger partial charge in [-0.05, 0) is 73.9 Å². The monoisotopic (exact) mass is 729 g/mol. The van der Waals surface area contributed by atoms with Crippen LogP contribution in [0, 0.1) is 23.6 Å². The first kappa shape index (κ1) is 36.3. The maximum absolute atomic E-state index is 14.8. The number of amides is 4. The number of carboxylic acid groups (broad SMARTS) is 1. The summed E-state index contributed by atoms with van der Waals surface area (Å²) in [6.07, 6.45) is 6.34. The highest BCUT2D eigenvalue weighted by Crippen LogP contribution is 2.46. The van der Waals surface area contributed by atoms with E-state index in [0.29, 0.717) is 42.9 Å². The Kier molecular flexibility index (Phi) is 10.2. The number of rotatable bonds is 8. The van der Waals surface area contributed by atoms with Crippen LogP contribution >= 0.6 is 0 Å². The van der Waals surface area contributed by atoms with E-state index in [1.165, 1.54) is 30.3 Å². The van der Waals surface area contributed by atoms with Gasteiger partial charge in [0.15, 0.2) is 11.6 Å². The number of carbonyl (C=O) groups excluding carboxylic acids is 3. The molecule has 0 spiro atoms. The number of carbonyl (C=O) groups is 4. The van der Waals surface area contributed by atoms with Gasteiger partial charge in [-0.3, -0.25) is 19.1 Å². The van der Waals surface area contributed by atoms with E-state index in [0.717, 1.165) is 6.42 Å². The zero-order chi connectivity index (χ0) is 36.7. The molecule has 7 atom stereocenters. The fourth-order valence-electron chi connectivity index (χ4n) is 7.40. The zero-order valence-electron chi connectivity index (χ0n) is 28.8. The molecule has 2 aromatic rings. The molecule has 14 nitrogen and oxygen atoms in total. The fraction of sp³-hybridized carbons (Fsp3) is 0.571. The van der Waals surface area contributed by atoms with Crippen LogP contribution in [0.4, 0.5) is 9.18 Å². The molecule has 0 bridgehead atoms. The van der Waals surface area contributed by atoms with Crippen LogP contribution in [0.15, 0.2) is 36.5 Å². The van der Waals surface area contributed by atoms with Gasteiger partial charge in [0.1, 0.15) is 23.7 Å². The summed E-state index contributed by atoms with van der Waals surface area (Å²) in [5.41, 5.74) is -1.56. The van der Waals surface area contributed by atoms with Gasteiger partial charge >= 0.3 is 6.09 Å². The summed E-state index contributed by atoms with van der Waals surface area (Å²) in [4.78, 5) is 59.9. The number of ether oxygens (including phenoxy) is 2. The highest BCUT2D eigenvalue weighted by molar-refractivity contribution is 7.91. The smallest absolute Gasteiger partial charge is 0.405 e. The molecule has 3 fully saturated rings. The number of halogens is 1. The Morgan fingerprint density at radius 2 is 1.96 bits per heavy atom. The van der Waals surface area contributed by atoms with Crippen LogP contribution in [0.1, 0.15) is 65.2 Å². The number of methoxy groups -OCH3 is 1. The van der Waals surface area contributed by atoms with Crippen LogP contribution in [0.3, 0.4) is 0 Å². The summed E-state index contributed by atoms with van der Waals surface area (Å²) in [5, 5.41) is 15.3. The van der Waals surface area contributed by atoms with Gasteiger partial charge in [-0.15, -0.1) is 0 Å². The Bertz CT molecular complexity index is 1850. The molecule has 6 rings (SSSR count). The summed E-state index contributed by atoms with van der Waals surface area (Å²) >= 11 is 0. The third kappa shape index (κ3) is 7.60. The predicted molar refractivity (Wildman–Crippen MR) is 183 cm³/mol. The number of allylic oxidation sites excluding steroid dienone is 1. The summed E-state index contributed by atoms with van der Waals surface area (Å²) in [6, 6.07) is 1.97. The molecule has 2 aliphatic carbocycles. The second-order valence-corrected chi connectivity index (χ2v) is 16.2. The van der Waals surface area contributed by atoms with Gasteiger partial charge in [0, 0.05) is 23.9 Å². The van der Waals surface area contributed by atoms with Crippen molar-refractivity contribution in [3.8, 4) is 11.6 Å². The molecule has 3 heterocycles. The lowest BCUT2D eigenvalue weighted by molar-refractivity contribution is -0.142. The van der Waals surface area contributed by atoms with Gasteiger partial charge in [0.05, 0.1) is 18.9 Å². The van der Waals surface area contributed by atoms with Crippen molar-refractivity contribution in [3.63, 3.8) is 0 Å². The summed E-state index contributed by atoms with van der Waals surface area (Å²) < 4.78 is 53.9. The van der Waals surface area contributed by atoms with Crippen molar-refractivity contribution in [2.24, 2.45) is 17.8 Å². The van der Waals surface area contributed by atoms with E-state index >= 15 is 0 Å². The Labute approximate surface area is 295 Å². The quantitative estimate of drug-likeness (QED) is 0.293. The Morgan fingerprint density at radius 1 is 1.20 bits per heavy atom. The van der Waals surface area contributed by atoms with E-state index in [2.05, 4.69) is 20.3 Å². The number of nitrogens with one attached hydrogen (secondary N) is 3. The van der Waals surface area contributed by atoms with Crippen molar-refractivity contribution in [1.82, 2.24) is 25.2 Å². The van der Waals surface area contributed by atoms with Gasteiger partial charge in [0.25, 0.3) is 5.91 Å². The minimum atomic E-state index is -3.93. The van der Waals surface area contributed by atoms with Crippen molar-refractivity contribution in [2.45, 2.75) is 94.2 Å². The minimum Gasteiger partial charge on any atom is -0.494 e. The van der Waals surface area contributed by atoms with Crippen molar-refractivity contribution < 1.29 is 46.6 Å². The van der Waals surface area contributed by atoms with Gasteiger partial charge < -0.3 is 30.1 Å². The van der Waals surface area contributed by atoms with E-state index < -0.39 is 80.5 Å². The van der Waals surface area contributed by atoms with Crippen LogP contribution < -0.4 is 24.8 Å². The van der Waals surface area contributed by atoms with Crippen LogP contribution in [0.5, 0.6) is 11.6 Å². The molecule has 4 N–H and O–H groups in total. The number of hydrogen-bond donors (Lipinski definition) is 4. The first-order valence-electron chi connectivity index (χ1n) is 17.4. The van der Waals surface area contributed by atoms with E-state index in [1.54, 1.807) is 6.07 Å². The molecule has 51 heavy (non-hydrogen) atoms. The third-order valence-electron chi connectivity index (χ3n) is 10.5. The third-order valence-corrected chi connectivity index (χ3v) is 12.4. The zero-order valence-corrected chi connectivity index (χ0v) is 29.6. The van der Waals surface area contributed by atoms with Crippen molar-refractivity contribution in [3.05, 3.63) is 42.4 Å². The average molecular weight is 730 g/mol. The SMILES string of the molecule is CC[C@@H]1C[C@H](C)CCC=C[C@@H]2C[C@@]2(C(=O)NS(=O)(=O)C2CC2)NC(=O)[C@@H]2C[C@@H](Oc3nccc4cc(OC)c(F)cc34)CN2C(=O)[C@H]1NC(=O)O. The first-order valence-corrected chi connectivity index (χ1v) is 18.9. The standard InChI is InChI=1S/C35H44FN5O9S/c1-4-20-13-19(2)7-5-6-8-22-17-35(22,33(44)40-51(47,48)24-9-10-24)39-30(42)27-15-23(18-41(27)32(43)29(20)38-34(45)46)50-31-25-16-26(36)28(49-3)14-21(25)11-12-37-31/h6,8,11-12,14,16,19-20,22-24,27,29,38H,4-5,7,9-10,13,15,17-18H2,1-3H3,(H,39,42)(H,40,44)(H,45,46)/t19-,20-,22-,23-,27+,29+,35-/m1/s1. The number of fused-ring (bicyclic) bond motifs is 3. The molecule has 1 aromatic carbocycles. The fourth-order valence-corrected chi connectivity index (χ4v) is 8.77. The number of aromatic nitrogens is 1. The summed E-state index contributed by atoms with van der Waals surface area (Å²) in [6.45, 7) is 3.76. The molecule has 1 aromatic heterocycles. The molecule has 0 unspecified atom stereocenters. The van der Waals surface area contributed by atoms with Crippen LogP contribution in [-0.4, -0.2) is 89.9 Å². The molecule has 4 aliphatic rings. The van der Waals surface area contributed by atoms with Crippen LogP contribution in [0.25, 0.3) is 10.8 Å². The van der Waals surface area contributed by atoms with E-state index in [9.17, 15) is 37.1 Å². The molecule has 2 aliphatic heterocycles. The number of benzene rings is 1. The van der Waals surface area contributed by atoms with E-state index in [4.69, 9.17) is 9.47 Å². The average Bonchev–Trinajstić information content (AvgIpc) is 4.01. The predicted octanol–water partition coefficient (Wildman–Crippen LogP) is 3.25. The lowest BCUT2D eigenvalue weighted by Crippen LogP contribution is -2.59. The lowest BCUT2D eigenvalue weighted by Gasteiger charge is -2.33. The first-order chi connectivity index (χ1) is 24.3. The largest absolute Gasteiger partial charge is 0.494 e. The summed E-state index contributed by atoms with van der Waals surface area (Å²) in [5.74, 6) is -3.50. The van der Waals surface area contributed by atoms with Gasteiger partial charge in [0.2, 0.25) is 27.7 Å². The topological polar surface area (TPSA) is 193 Å². The second kappa shape index (κ2) is 14.3. The van der Waals surface area contributed by atoms with Gasteiger partial charge in [-0.2, -0.15) is 0 Å². The van der Waals surface area contributed by atoms with Crippen LogP contribution in [-0.2, 0) is 24.4 Å². The summed E-state index contributed by atoms with van der Waals surface area (Å²) in [7, 11) is -2.58. The number of hydrogen-bond acceptors (Lipinski definition) is 9. The molecule has 0 radical (unpaired) electrons. The molecule has 4 amide bonds. The van der Waals surface area contributed by atoms with Gasteiger partial charge in [-0.1, -0.05) is 32.4 Å². The second-order valence-electron chi connectivity index (χ2n) is 14.2. The van der Waals surface area contributed by atoms with E-state index in [-0.39, 0.29) is 36.9 Å². The molecular weight excluding hydrogens is 685 g/mol. The Hall–Kier alpha value is -4.47. The van der Waals surface area contributed by atoms with Crippen LogP contribution in [0.2, 0.25) is 0 Å². The highest BCUT2D eigenvalue weighted by atomic mass is 32.2. The normalized spacial score (nSPS) is 29.9. The number of pyridine rings is 1. The number of nitrogens with zero attached hydrogens (tertiary/aromatic N) is 2. The van der Waals surface area contributed by atoms with E-state index in [1.807, 2.05) is 26.0 Å². The highest BCUT2D eigenvalue weighted by Gasteiger charge is 2.62. The number of sulfonamides is 1. The molecular formula is C35H44FN5O9S.